The van der Waals surface area contributed by atoms with E-state index in [4.69, 9.17) is 4.98 Å². The number of para-hydroxylation sites is 10. The molecule has 79 heavy (non-hydrogen) atoms. The third-order valence-corrected chi connectivity index (χ3v) is 16.6. The van der Waals surface area contributed by atoms with Crippen molar-refractivity contribution in [2.45, 2.75) is 0 Å². The number of aromatic nitrogens is 6. The molecule has 6 aromatic heterocycles. The SMILES string of the molecule is N#Cc1c(-n2c3ccccc3c3ccccc32)c(-n2c3ccccc3c3ccccc32)c(-c2ccccc2-n2c3ccccc3c3cccnc32)c(-n2c3ccccc3c3ccccc32)c1-n1c2ccccc2c2ccccc21. The zero-order valence-corrected chi connectivity index (χ0v) is 42.5. The summed E-state index contributed by atoms with van der Waals surface area (Å²) in [6.45, 7) is 0. The predicted molar refractivity (Wildman–Crippen MR) is 326 cm³/mol. The molecule has 17 aromatic rings. The van der Waals surface area contributed by atoms with Crippen LogP contribution in [0.5, 0.6) is 0 Å². The highest BCUT2D eigenvalue weighted by atomic mass is 15.1. The van der Waals surface area contributed by atoms with Crippen LogP contribution in [-0.2, 0) is 0 Å². The van der Waals surface area contributed by atoms with Gasteiger partial charge in [-0.25, -0.2) is 4.98 Å². The number of nitrogens with zero attached hydrogens (tertiary/aromatic N) is 7. The van der Waals surface area contributed by atoms with Crippen molar-refractivity contribution in [1.82, 2.24) is 27.8 Å². The van der Waals surface area contributed by atoms with Crippen LogP contribution in [0.15, 0.2) is 261 Å². The van der Waals surface area contributed by atoms with Crippen LogP contribution in [0.4, 0.5) is 0 Å². The van der Waals surface area contributed by atoms with Crippen LogP contribution in [0.1, 0.15) is 5.56 Å². The van der Waals surface area contributed by atoms with Crippen LogP contribution in [0, 0.1) is 11.3 Å². The third-order valence-electron chi connectivity index (χ3n) is 16.6. The lowest BCUT2D eigenvalue weighted by molar-refractivity contribution is 1.03. The van der Waals surface area contributed by atoms with Crippen molar-refractivity contribution >= 4 is 109 Å². The zero-order chi connectivity index (χ0) is 51.9. The molecule has 0 saturated heterocycles. The van der Waals surface area contributed by atoms with Gasteiger partial charge >= 0.3 is 0 Å². The van der Waals surface area contributed by atoms with Crippen LogP contribution < -0.4 is 0 Å². The summed E-state index contributed by atoms with van der Waals surface area (Å²) in [7, 11) is 0. The monoisotopic (exact) mass is 1010 g/mol. The molecule has 17 rings (SSSR count). The summed E-state index contributed by atoms with van der Waals surface area (Å²) < 4.78 is 12.1. The summed E-state index contributed by atoms with van der Waals surface area (Å²) >= 11 is 0. The summed E-state index contributed by atoms with van der Waals surface area (Å²) in [5.41, 5.74) is 16.5. The summed E-state index contributed by atoms with van der Waals surface area (Å²) in [6, 6.07) is 94.5. The van der Waals surface area contributed by atoms with Crippen LogP contribution in [-0.4, -0.2) is 27.8 Å². The lowest BCUT2D eigenvalue weighted by Crippen LogP contribution is -2.17. The van der Waals surface area contributed by atoms with Crippen LogP contribution in [0.25, 0.3) is 149 Å². The zero-order valence-electron chi connectivity index (χ0n) is 42.5. The van der Waals surface area contributed by atoms with Gasteiger partial charge in [0, 0.05) is 71.2 Å². The Kier molecular flexibility index (Phi) is 9.06. The van der Waals surface area contributed by atoms with Crippen LogP contribution in [0.3, 0.4) is 0 Å². The molecule has 0 fully saturated rings. The van der Waals surface area contributed by atoms with Crippen LogP contribution in [0.2, 0.25) is 0 Å². The minimum Gasteiger partial charge on any atom is -0.306 e. The van der Waals surface area contributed by atoms with E-state index in [1.807, 2.05) is 12.3 Å². The van der Waals surface area contributed by atoms with E-state index in [9.17, 15) is 5.26 Å². The number of hydrogen-bond acceptors (Lipinski definition) is 2. The van der Waals surface area contributed by atoms with E-state index in [1.54, 1.807) is 0 Å². The summed E-state index contributed by atoms with van der Waals surface area (Å²) in [6.07, 6.45) is 1.90. The predicted octanol–water partition coefficient (Wildman–Crippen LogP) is 18.1. The Morgan fingerprint density at radius 3 is 0.873 bits per heavy atom. The van der Waals surface area contributed by atoms with Crippen molar-refractivity contribution in [3.63, 3.8) is 0 Å². The van der Waals surface area contributed by atoms with Gasteiger partial charge in [-0.3, -0.25) is 4.57 Å². The Morgan fingerprint density at radius 2 is 0.532 bits per heavy atom. The van der Waals surface area contributed by atoms with Gasteiger partial charge in [0.25, 0.3) is 0 Å². The summed E-state index contributed by atoms with van der Waals surface area (Å²) in [5.74, 6) is 0. The minimum atomic E-state index is 0.520. The van der Waals surface area contributed by atoms with Crippen molar-refractivity contribution < 1.29 is 0 Å². The van der Waals surface area contributed by atoms with Gasteiger partial charge in [0.1, 0.15) is 17.3 Å². The molecule has 6 heterocycles. The van der Waals surface area contributed by atoms with Gasteiger partial charge in [0.2, 0.25) is 0 Å². The highest BCUT2D eigenvalue weighted by Gasteiger charge is 2.36. The molecule has 0 saturated carbocycles. The maximum atomic E-state index is 13.0. The van der Waals surface area contributed by atoms with E-state index in [1.165, 1.54) is 0 Å². The third kappa shape index (κ3) is 5.86. The highest BCUT2D eigenvalue weighted by Crippen LogP contribution is 2.53. The van der Waals surface area contributed by atoms with Gasteiger partial charge in [0.05, 0.1) is 78.1 Å². The maximum absolute atomic E-state index is 13.0. The normalized spacial score (nSPS) is 12.0. The quantitative estimate of drug-likeness (QED) is 0.167. The molecule has 11 aromatic carbocycles. The molecule has 0 radical (unpaired) electrons. The maximum Gasteiger partial charge on any atom is 0.145 e. The molecule has 0 amide bonds. The Labute approximate surface area is 452 Å². The van der Waals surface area contributed by atoms with E-state index in [2.05, 4.69) is 278 Å². The van der Waals surface area contributed by atoms with Crippen molar-refractivity contribution in [3.05, 3.63) is 267 Å². The molecular formula is C72H43N7. The molecule has 7 nitrogen and oxygen atoms in total. The average Bonchev–Trinajstić information content (AvgIpc) is 3.32. The number of pyridine rings is 1. The Morgan fingerprint density at radius 1 is 0.266 bits per heavy atom. The first-order valence-corrected chi connectivity index (χ1v) is 26.8. The van der Waals surface area contributed by atoms with E-state index < -0.39 is 0 Å². The fourth-order valence-electron chi connectivity index (χ4n) is 13.5. The number of hydrogen-bond donors (Lipinski definition) is 0. The second kappa shape index (κ2) is 16.5. The molecule has 0 unspecified atom stereocenters. The smallest absolute Gasteiger partial charge is 0.145 e. The molecule has 7 heteroatoms. The van der Waals surface area contributed by atoms with Gasteiger partial charge in [-0.2, -0.15) is 5.26 Å². The second-order valence-corrected chi connectivity index (χ2v) is 20.5. The van der Waals surface area contributed by atoms with E-state index >= 15 is 0 Å². The molecule has 0 spiro atoms. The summed E-state index contributed by atoms with van der Waals surface area (Å²) in [4.78, 5) is 5.22. The molecule has 0 aliphatic carbocycles. The van der Waals surface area contributed by atoms with Gasteiger partial charge in [0.15, 0.2) is 0 Å². The number of nitriles is 1. The number of fused-ring (bicyclic) bond motifs is 15. The number of benzene rings is 11. The van der Waals surface area contributed by atoms with Gasteiger partial charge in [-0.15, -0.1) is 0 Å². The Hall–Kier alpha value is -10.9. The fourth-order valence-corrected chi connectivity index (χ4v) is 13.5. The second-order valence-electron chi connectivity index (χ2n) is 20.5. The van der Waals surface area contributed by atoms with Crippen molar-refractivity contribution in [3.8, 4) is 45.6 Å². The van der Waals surface area contributed by atoms with Crippen molar-refractivity contribution in [2.24, 2.45) is 0 Å². The Balaban J connectivity index is 1.24. The molecule has 0 N–H and O–H groups in total. The molecule has 0 aliphatic rings. The standard InChI is InChI=1S/C72H43N7/c73-44-56-68(75-57-33-11-1-22-45(57)46-23-2-12-34-58(46)75)70(77-61-37-15-5-26-49(61)50-27-6-16-38-62(50)77)67(55-31-10-20-42-66(55)79-65-41-19-9-30-53(65)54-32-21-43-74-72(54)79)71(78-63-39-17-7-28-51(63)52-29-8-18-40-64(52)78)69(56)76-59-35-13-3-24-47(59)48-25-4-14-36-60(48)76/h1-43H. The Bertz CT molecular complexity index is 4960. The largest absolute Gasteiger partial charge is 0.306 e. The lowest BCUT2D eigenvalue weighted by Gasteiger charge is -2.30. The van der Waals surface area contributed by atoms with E-state index in [-0.39, 0.29) is 0 Å². The van der Waals surface area contributed by atoms with E-state index in [0.29, 0.717) is 5.56 Å². The lowest BCUT2D eigenvalue weighted by atomic mass is 9.92. The van der Waals surface area contributed by atoms with Gasteiger partial charge < -0.3 is 18.3 Å². The number of rotatable bonds is 6. The minimum absolute atomic E-state index is 0.520. The molecule has 366 valence electrons. The van der Waals surface area contributed by atoms with E-state index in [0.717, 1.165) is 149 Å². The first-order valence-electron chi connectivity index (χ1n) is 26.8. The average molecular weight is 1010 g/mol. The fraction of sp³-hybridized carbons (Fsp3) is 0. The van der Waals surface area contributed by atoms with Gasteiger partial charge in [-0.05, 0) is 72.8 Å². The molecular weight excluding hydrogens is 963 g/mol. The van der Waals surface area contributed by atoms with Crippen LogP contribution >= 0.6 is 0 Å². The van der Waals surface area contributed by atoms with Crippen molar-refractivity contribution in [2.75, 3.05) is 0 Å². The summed E-state index contributed by atoms with van der Waals surface area (Å²) in [5, 5.41) is 24.0. The molecule has 0 bridgehead atoms. The molecule has 0 atom stereocenters. The first-order chi connectivity index (χ1) is 39.3. The first kappa shape index (κ1) is 43.3. The highest BCUT2D eigenvalue weighted by molar-refractivity contribution is 6.18. The topological polar surface area (TPSA) is 61.3 Å². The van der Waals surface area contributed by atoms with Crippen molar-refractivity contribution in [1.29, 1.82) is 5.26 Å². The van der Waals surface area contributed by atoms with Gasteiger partial charge in [-0.1, -0.05) is 182 Å². The molecule has 0 aliphatic heterocycles.